The molecule has 0 aromatic heterocycles. The van der Waals surface area contributed by atoms with Crippen LogP contribution in [0.15, 0.2) is 18.2 Å². The largest absolute Gasteiger partial charge is 0.496 e. The van der Waals surface area contributed by atoms with Gasteiger partial charge in [-0.1, -0.05) is 18.6 Å². The number of aryl methyl sites for hydroxylation is 1. The minimum Gasteiger partial charge on any atom is -0.496 e. The van der Waals surface area contributed by atoms with Crippen LogP contribution in [0.4, 0.5) is 0 Å². The fourth-order valence-corrected chi connectivity index (χ4v) is 3.18. The lowest BCUT2D eigenvalue weighted by molar-refractivity contribution is -0.128. The van der Waals surface area contributed by atoms with Gasteiger partial charge in [0.05, 0.1) is 12.5 Å². The Hall–Kier alpha value is -1.31. The molecule has 0 radical (unpaired) electrons. The van der Waals surface area contributed by atoms with Gasteiger partial charge in [-0.25, -0.2) is 0 Å². The minimum absolute atomic E-state index is 0.180. The summed E-state index contributed by atoms with van der Waals surface area (Å²) in [4.78, 5) is 12.2. The lowest BCUT2D eigenvalue weighted by Gasteiger charge is -2.45. The molecule has 1 fully saturated rings. The molecule has 84 valence electrons. The fourth-order valence-electron chi connectivity index (χ4n) is 3.18. The highest BCUT2D eigenvalue weighted by Crippen LogP contribution is 2.52. The Balaban J connectivity index is 2.21. The molecule has 2 aliphatic rings. The van der Waals surface area contributed by atoms with E-state index in [9.17, 15) is 4.79 Å². The second kappa shape index (κ2) is 3.34. The second-order valence-corrected chi connectivity index (χ2v) is 4.85. The molecule has 1 aromatic carbocycles. The molecule has 0 heterocycles. The molecule has 0 atom stereocenters. The Morgan fingerprint density at radius 2 is 2.06 bits per heavy atom. The molecule has 0 saturated heterocycles. The van der Waals surface area contributed by atoms with Crippen LogP contribution >= 0.6 is 0 Å². The van der Waals surface area contributed by atoms with Crippen molar-refractivity contribution in [3.8, 4) is 5.75 Å². The number of ether oxygens (including phenoxy) is 1. The maximum atomic E-state index is 12.2. The van der Waals surface area contributed by atoms with E-state index in [0.29, 0.717) is 12.2 Å². The van der Waals surface area contributed by atoms with Gasteiger partial charge in [-0.2, -0.15) is 0 Å². The summed E-state index contributed by atoms with van der Waals surface area (Å²) in [6.07, 6.45) is 4.79. The number of carbonyl (C=O) groups is 1. The van der Waals surface area contributed by atoms with Gasteiger partial charge < -0.3 is 4.74 Å². The first-order valence-electron chi connectivity index (χ1n) is 5.97. The SMILES string of the molecule is COc1cccc2c1C1(CCC1)C(=O)CC2. The topological polar surface area (TPSA) is 26.3 Å². The van der Waals surface area contributed by atoms with Crippen LogP contribution in [0.2, 0.25) is 0 Å². The first kappa shape index (κ1) is 9.88. The van der Waals surface area contributed by atoms with Gasteiger partial charge >= 0.3 is 0 Å². The highest BCUT2D eigenvalue weighted by Gasteiger charge is 2.49. The van der Waals surface area contributed by atoms with Crippen molar-refractivity contribution >= 4 is 5.78 Å². The van der Waals surface area contributed by atoms with E-state index in [2.05, 4.69) is 6.07 Å². The highest BCUT2D eigenvalue weighted by atomic mass is 16.5. The zero-order valence-electron chi connectivity index (χ0n) is 9.58. The van der Waals surface area contributed by atoms with E-state index in [-0.39, 0.29) is 5.41 Å². The molecule has 2 heteroatoms. The maximum Gasteiger partial charge on any atom is 0.143 e. The second-order valence-electron chi connectivity index (χ2n) is 4.85. The van der Waals surface area contributed by atoms with E-state index in [1.54, 1.807) is 7.11 Å². The van der Waals surface area contributed by atoms with Gasteiger partial charge in [0.15, 0.2) is 0 Å². The Bertz CT molecular complexity index is 430. The molecule has 1 aromatic rings. The summed E-state index contributed by atoms with van der Waals surface area (Å²) in [6, 6.07) is 6.15. The van der Waals surface area contributed by atoms with Gasteiger partial charge in [-0.15, -0.1) is 0 Å². The van der Waals surface area contributed by atoms with Crippen molar-refractivity contribution in [3.05, 3.63) is 29.3 Å². The summed E-state index contributed by atoms with van der Waals surface area (Å²) in [6.45, 7) is 0. The minimum atomic E-state index is -0.180. The van der Waals surface area contributed by atoms with Gasteiger partial charge in [-0.05, 0) is 30.9 Å². The smallest absolute Gasteiger partial charge is 0.143 e. The standard InChI is InChI=1S/C14H16O2/c1-16-11-5-2-4-10-6-7-12(15)14(13(10)11)8-3-9-14/h2,4-5H,3,6-9H2,1H3. The fraction of sp³-hybridized carbons (Fsp3) is 0.500. The number of carbonyl (C=O) groups excluding carboxylic acids is 1. The number of hydrogen-bond donors (Lipinski definition) is 0. The van der Waals surface area contributed by atoms with E-state index in [0.717, 1.165) is 25.0 Å². The summed E-state index contributed by atoms with van der Waals surface area (Å²) in [7, 11) is 1.70. The quantitative estimate of drug-likeness (QED) is 0.721. The normalized spacial score (nSPS) is 21.4. The summed E-state index contributed by atoms with van der Waals surface area (Å²) < 4.78 is 5.44. The summed E-state index contributed by atoms with van der Waals surface area (Å²) >= 11 is 0. The van der Waals surface area contributed by atoms with E-state index >= 15 is 0 Å². The van der Waals surface area contributed by atoms with Gasteiger partial charge in [0.25, 0.3) is 0 Å². The first-order valence-corrected chi connectivity index (χ1v) is 5.97. The van der Waals surface area contributed by atoms with Crippen LogP contribution in [-0.4, -0.2) is 12.9 Å². The van der Waals surface area contributed by atoms with Gasteiger partial charge in [-0.3, -0.25) is 4.79 Å². The third kappa shape index (κ3) is 1.10. The molecular formula is C14H16O2. The molecule has 0 aliphatic heterocycles. The molecule has 16 heavy (non-hydrogen) atoms. The van der Waals surface area contributed by atoms with Crippen molar-refractivity contribution in [3.63, 3.8) is 0 Å². The summed E-state index contributed by atoms with van der Waals surface area (Å²) in [5.74, 6) is 1.33. The predicted octanol–water partition coefficient (Wildman–Crippen LogP) is 2.63. The lowest BCUT2D eigenvalue weighted by atomic mass is 9.57. The Morgan fingerprint density at radius 1 is 1.25 bits per heavy atom. The molecule has 1 saturated carbocycles. The number of Topliss-reactive ketones (excluding diaryl/α,β-unsaturated/α-hetero) is 1. The molecule has 0 unspecified atom stereocenters. The molecule has 2 aliphatic carbocycles. The number of hydrogen-bond acceptors (Lipinski definition) is 2. The Morgan fingerprint density at radius 3 is 2.69 bits per heavy atom. The third-order valence-corrected chi connectivity index (χ3v) is 4.17. The zero-order valence-corrected chi connectivity index (χ0v) is 9.58. The average molecular weight is 216 g/mol. The monoisotopic (exact) mass is 216 g/mol. The van der Waals surface area contributed by atoms with Crippen molar-refractivity contribution in [2.75, 3.05) is 7.11 Å². The Kier molecular flexibility index (Phi) is 2.06. The molecular weight excluding hydrogens is 200 g/mol. The average Bonchev–Trinajstić information content (AvgIpc) is 2.26. The van der Waals surface area contributed by atoms with Crippen molar-refractivity contribution < 1.29 is 9.53 Å². The zero-order chi connectivity index (χ0) is 11.2. The first-order chi connectivity index (χ1) is 7.78. The van der Waals surface area contributed by atoms with Crippen LogP contribution in [0.3, 0.4) is 0 Å². The summed E-state index contributed by atoms with van der Waals surface area (Å²) in [5, 5.41) is 0. The van der Waals surface area contributed by atoms with Crippen LogP contribution < -0.4 is 4.74 Å². The molecule has 2 nitrogen and oxygen atoms in total. The van der Waals surface area contributed by atoms with Crippen molar-refractivity contribution in [1.82, 2.24) is 0 Å². The van der Waals surface area contributed by atoms with Crippen LogP contribution in [-0.2, 0) is 16.6 Å². The van der Waals surface area contributed by atoms with Crippen LogP contribution in [0.1, 0.15) is 36.8 Å². The molecule has 0 N–H and O–H groups in total. The van der Waals surface area contributed by atoms with Crippen molar-refractivity contribution in [1.29, 1.82) is 0 Å². The third-order valence-electron chi connectivity index (χ3n) is 4.17. The van der Waals surface area contributed by atoms with Crippen LogP contribution in [0, 0.1) is 0 Å². The van der Waals surface area contributed by atoms with Gasteiger partial charge in [0, 0.05) is 12.0 Å². The Labute approximate surface area is 95.6 Å². The number of rotatable bonds is 1. The van der Waals surface area contributed by atoms with Crippen molar-refractivity contribution in [2.45, 2.75) is 37.5 Å². The molecule has 1 spiro atoms. The van der Waals surface area contributed by atoms with Gasteiger partial charge in [0.2, 0.25) is 0 Å². The van der Waals surface area contributed by atoms with Crippen LogP contribution in [0.25, 0.3) is 0 Å². The summed E-state index contributed by atoms with van der Waals surface area (Å²) in [5.41, 5.74) is 2.33. The van der Waals surface area contributed by atoms with E-state index in [1.807, 2.05) is 12.1 Å². The molecule has 3 rings (SSSR count). The maximum absolute atomic E-state index is 12.2. The number of methoxy groups -OCH3 is 1. The van der Waals surface area contributed by atoms with E-state index < -0.39 is 0 Å². The molecule has 0 amide bonds. The van der Waals surface area contributed by atoms with E-state index in [1.165, 1.54) is 17.5 Å². The number of ketones is 1. The van der Waals surface area contributed by atoms with Gasteiger partial charge in [0.1, 0.15) is 11.5 Å². The lowest BCUT2D eigenvalue weighted by Crippen LogP contribution is -2.45. The number of benzene rings is 1. The van der Waals surface area contributed by atoms with Crippen LogP contribution in [0.5, 0.6) is 5.75 Å². The van der Waals surface area contributed by atoms with E-state index in [4.69, 9.17) is 4.74 Å². The van der Waals surface area contributed by atoms with Crippen molar-refractivity contribution in [2.24, 2.45) is 0 Å². The highest BCUT2D eigenvalue weighted by molar-refractivity contribution is 5.94. The predicted molar refractivity (Wildman–Crippen MR) is 61.9 cm³/mol. The number of fused-ring (bicyclic) bond motifs is 2. The molecule has 0 bridgehead atoms.